The molecule has 0 saturated heterocycles. The summed E-state index contributed by atoms with van der Waals surface area (Å²) in [5, 5.41) is 0. The fraction of sp³-hybridized carbons (Fsp3) is 0.500. The first-order chi connectivity index (χ1) is 8.02. The van der Waals surface area contributed by atoms with Crippen molar-refractivity contribution < 1.29 is 0 Å². The molecule has 2 rings (SSSR count). The number of rotatable bonds is 3. The minimum absolute atomic E-state index is 0.0280. The smallest absolute Gasteiger partial charge is 0.268 e. The molecule has 2 aromatic heterocycles. The molecule has 1 atom stereocenters. The Morgan fingerprint density at radius 1 is 1.53 bits per heavy atom. The van der Waals surface area contributed by atoms with Crippen LogP contribution >= 0.6 is 27.3 Å². The molecule has 0 saturated carbocycles. The Morgan fingerprint density at radius 2 is 2.24 bits per heavy atom. The molecule has 0 aliphatic rings. The van der Waals surface area contributed by atoms with Crippen LogP contribution < -0.4 is 5.56 Å². The molecule has 0 fully saturated rings. The highest BCUT2D eigenvalue weighted by molar-refractivity contribution is 9.11. The molecule has 0 radical (unpaired) electrons. The fourth-order valence-corrected chi connectivity index (χ4v) is 3.51. The van der Waals surface area contributed by atoms with Crippen molar-refractivity contribution in [3.05, 3.63) is 26.0 Å². The minimum atomic E-state index is -0.0280. The van der Waals surface area contributed by atoms with Crippen molar-refractivity contribution in [1.82, 2.24) is 9.97 Å². The van der Waals surface area contributed by atoms with Gasteiger partial charge in [-0.1, -0.05) is 20.8 Å². The molecule has 92 valence electrons. The molecule has 0 spiro atoms. The third-order valence-electron chi connectivity index (χ3n) is 2.97. The SMILES string of the molecule is CC[C@H](c1nc2cc(Br)sc2c(=O)[nH]1)C(C)C. The number of H-pyrrole nitrogens is 1. The first-order valence-corrected chi connectivity index (χ1v) is 7.33. The van der Waals surface area contributed by atoms with Gasteiger partial charge in [-0.15, -0.1) is 11.3 Å². The van der Waals surface area contributed by atoms with Gasteiger partial charge in [-0.2, -0.15) is 0 Å². The molecule has 3 nitrogen and oxygen atoms in total. The number of halogens is 1. The van der Waals surface area contributed by atoms with E-state index in [1.165, 1.54) is 11.3 Å². The second-order valence-electron chi connectivity index (χ2n) is 4.47. The van der Waals surface area contributed by atoms with Gasteiger partial charge in [0.25, 0.3) is 5.56 Å². The van der Waals surface area contributed by atoms with Crippen LogP contribution in [-0.4, -0.2) is 9.97 Å². The quantitative estimate of drug-likeness (QED) is 0.934. The lowest BCUT2D eigenvalue weighted by Gasteiger charge is -2.17. The van der Waals surface area contributed by atoms with Crippen molar-refractivity contribution in [2.45, 2.75) is 33.1 Å². The summed E-state index contributed by atoms with van der Waals surface area (Å²) in [6.07, 6.45) is 0.984. The lowest BCUT2D eigenvalue weighted by Crippen LogP contribution is -2.16. The average molecular weight is 315 g/mol. The van der Waals surface area contributed by atoms with Gasteiger partial charge >= 0.3 is 0 Å². The molecular weight excluding hydrogens is 300 g/mol. The summed E-state index contributed by atoms with van der Waals surface area (Å²) in [7, 11) is 0. The summed E-state index contributed by atoms with van der Waals surface area (Å²) in [5.41, 5.74) is 0.763. The van der Waals surface area contributed by atoms with E-state index in [0.29, 0.717) is 16.5 Å². The topological polar surface area (TPSA) is 45.8 Å². The molecule has 1 N–H and O–H groups in total. The van der Waals surface area contributed by atoms with Gasteiger partial charge in [-0.05, 0) is 34.3 Å². The maximum absolute atomic E-state index is 11.9. The van der Waals surface area contributed by atoms with E-state index in [-0.39, 0.29) is 5.56 Å². The highest BCUT2D eigenvalue weighted by atomic mass is 79.9. The van der Waals surface area contributed by atoms with Gasteiger partial charge in [0.2, 0.25) is 0 Å². The van der Waals surface area contributed by atoms with Crippen LogP contribution in [0.4, 0.5) is 0 Å². The zero-order valence-corrected chi connectivity index (χ0v) is 12.5. The third kappa shape index (κ3) is 2.45. The van der Waals surface area contributed by atoms with E-state index in [4.69, 9.17) is 0 Å². The molecule has 0 bridgehead atoms. The summed E-state index contributed by atoms with van der Waals surface area (Å²) >= 11 is 4.82. The second-order valence-corrected chi connectivity index (χ2v) is 6.91. The van der Waals surface area contributed by atoms with Crippen LogP contribution in [0.15, 0.2) is 14.6 Å². The number of hydrogen-bond donors (Lipinski definition) is 1. The average Bonchev–Trinajstić information content (AvgIpc) is 2.59. The maximum Gasteiger partial charge on any atom is 0.268 e. The summed E-state index contributed by atoms with van der Waals surface area (Å²) < 4.78 is 1.64. The molecule has 0 aromatic carbocycles. The van der Waals surface area contributed by atoms with Crippen molar-refractivity contribution in [2.75, 3.05) is 0 Å². The number of nitrogens with zero attached hydrogens (tertiary/aromatic N) is 1. The minimum Gasteiger partial charge on any atom is -0.309 e. The molecule has 0 amide bonds. The van der Waals surface area contributed by atoms with Gasteiger partial charge in [-0.25, -0.2) is 4.98 Å². The zero-order chi connectivity index (χ0) is 12.6. The Kier molecular flexibility index (Phi) is 3.68. The summed E-state index contributed by atoms with van der Waals surface area (Å²) in [6, 6.07) is 1.91. The van der Waals surface area contributed by atoms with Crippen molar-refractivity contribution in [2.24, 2.45) is 5.92 Å². The Bertz CT molecular complexity index is 588. The van der Waals surface area contributed by atoms with E-state index in [2.05, 4.69) is 46.7 Å². The number of nitrogens with one attached hydrogen (secondary N) is 1. The molecule has 0 aliphatic heterocycles. The normalized spacial score (nSPS) is 13.5. The maximum atomic E-state index is 11.9. The Morgan fingerprint density at radius 3 is 2.82 bits per heavy atom. The van der Waals surface area contributed by atoms with Crippen LogP contribution in [0.3, 0.4) is 0 Å². The van der Waals surface area contributed by atoms with Crippen molar-refractivity contribution in [1.29, 1.82) is 0 Å². The van der Waals surface area contributed by atoms with E-state index >= 15 is 0 Å². The summed E-state index contributed by atoms with van der Waals surface area (Å²) in [4.78, 5) is 19.4. The number of thiophene rings is 1. The number of aromatic amines is 1. The zero-order valence-electron chi connectivity index (χ0n) is 10.1. The van der Waals surface area contributed by atoms with Gasteiger partial charge in [0, 0.05) is 5.92 Å². The summed E-state index contributed by atoms with van der Waals surface area (Å²) in [6.45, 7) is 6.43. The Hall–Kier alpha value is -0.680. The van der Waals surface area contributed by atoms with E-state index in [9.17, 15) is 4.79 Å². The molecule has 17 heavy (non-hydrogen) atoms. The largest absolute Gasteiger partial charge is 0.309 e. The standard InChI is InChI=1S/C12H15BrN2OS/c1-4-7(6(2)3)11-14-8-5-9(13)17-10(8)12(16)15-11/h5-7H,4H2,1-3H3,(H,14,15,16)/t7-/m0/s1. The van der Waals surface area contributed by atoms with Gasteiger partial charge in [0.05, 0.1) is 9.30 Å². The predicted molar refractivity (Wildman–Crippen MR) is 75.8 cm³/mol. The second kappa shape index (κ2) is 4.90. The molecular formula is C12H15BrN2OS. The van der Waals surface area contributed by atoms with Gasteiger partial charge in [0.15, 0.2) is 0 Å². The Balaban J connectivity index is 2.59. The third-order valence-corrected chi connectivity index (χ3v) is 4.59. The molecule has 5 heteroatoms. The van der Waals surface area contributed by atoms with Gasteiger partial charge < -0.3 is 4.98 Å². The van der Waals surface area contributed by atoms with Crippen molar-refractivity contribution in [3.8, 4) is 0 Å². The van der Waals surface area contributed by atoms with Crippen LogP contribution in [0.2, 0.25) is 0 Å². The van der Waals surface area contributed by atoms with Crippen LogP contribution in [0.25, 0.3) is 10.2 Å². The van der Waals surface area contributed by atoms with E-state index < -0.39 is 0 Å². The first-order valence-electron chi connectivity index (χ1n) is 5.72. The summed E-state index contributed by atoms with van der Waals surface area (Å²) in [5.74, 6) is 1.60. The van der Waals surface area contributed by atoms with Gasteiger partial charge in [0.1, 0.15) is 10.5 Å². The number of fused-ring (bicyclic) bond motifs is 1. The molecule has 0 unspecified atom stereocenters. The van der Waals surface area contributed by atoms with Crippen LogP contribution in [0.1, 0.15) is 38.9 Å². The fourth-order valence-electron chi connectivity index (χ4n) is 2.08. The number of hydrogen-bond acceptors (Lipinski definition) is 3. The molecule has 2 heterocycles. The monoisotopic (exact) mass is 314 g/mol. The van der Waals surface area contributed by atoms with Crippen LogP contribution in [0.5, 0.6) is 0 Å². The lowest BCUT2D eigenvalue weighted by atomic mass is 9.92. The molecule has 0 aliphatic carbocycles. The Labute approximate surface area is 112 Å². The van der Waals surface area contributed by atoms with Crippen molar-refractivity contribution in [3.63, 3.8) is 0 Å². The van der Waals surface area contributed by atoms with Crippen molar-refractivity contribution >= 4 is 37.5 Å². The van der Waals surface area contributed by atoms with Gasteiger partial charge in [-0.3, -0.25) is 4.79 Å². The highest BCUT2D eigenvalue weighted by Gasteiger charge is 2.18. The van der Waals surface area contributed by atoms with E-state index in [1.54, 1.807) is 0 Å². The van der Waals surface area contributed by atoms with E-state index in [1.807, 2.05) is 6.07 Å². The lowest BCUT2D eigenvalue weighted by molar-refractivity contribution is 0.463. The highest BCUT2D eigenvalue weighted by Crippen LogP contribution is 2.29. The molecule has 2 aromatic rings. The van der Waals surface area contributed by atoms with Crippen LogP contribution in [-0.2, 0) is 0 Å². The van der Waals surface area contributed by atoms with Crippen LogP contribution in [0, 0.1) is 5.92 Å². The predicted octanol–water partition coefficient (Wildman–Crippen LogP) is 3.90. The first kappa shape index (κ1) is 12.8. The van der Waals surface area contributed by atoms with E-state index in [0.717, 1.165) is 21.5 Å². The number of aromatic nitrogens is 2.